The van der Waals surface area contributed by atoms with Crippen LogP contribution in [0.15, 0.2) is 36.7 Å². The third-order valence-corrected chi connectivity index (χ3v) is 2.72. The Kier molecular flexibility index (Phi) is 4.28. The molecule has 0 aliphatic rings. The third-order valence-electron chi connectivity index (χ3n) is 2.72. The van der Waals surface area contributed by atoms with Crippen molar-refractivity contribution >= 4 is 17.3 Å². The molecule has 1 aromatic heterocycles. The van der Waals surface area contributed by atoms with Crippen molar-refractivity contribution in [2.45, 2.75) is 13.8 Å². The molecule has 0 fully saturated rings. The molecular weight excluding hydrogens is 243 g/mol. The Bertz CT molecular complexity index is 544. The van der Waals surface area contributed by atoms with Gasteiger partial charge >= 0.3 is 0 Å². The lowest BCUT2D eigenvalue weighted by Gasteiger charge is -2.22. The normalized spacial score (nSPS) is 10.3. The van der Waals surface area contributed by atoms with Gasteiger partial charge in [0.05, 0.1) is 0 Å². The van der Waals surface area contributed by atoms with Crippen molar-refractivity contribution in [2.24, 2.45) is 0 Å². The zero-order chi connectivity index (χ0) is 13.7. The molecule has 0 saturated heterocycles. The Morgan fingerprint density at radius 2 is 2.05 bits per heavy atom. The van der Waals surface area contributed by atoms with Crippen molar-refractivity contribution < 1.29 is 4.39 Å². The molecule has 0 radical (unpaired) electrons. The van der Waals surface area contributed by atoms with Crippen LogP contribution in [0.1, 0.15) is 13.8 Å². The lowest BCUT2D eigenvalue weighted by molar-refractivity contribution is 0.627. The molecule has 1 N–H and O–H groups in total. The minimum Gasteiger partial charge on any atom is -0.370 e. The molecule has 1 aromatic carbocycles. The number of nitrogens with zero attached hydrogens (tertiary/aromatic N) is 3. The summed E-state index contributed by atoms with van der Waals surface area (Å²) in [6.07, 6.45) is 1.51. The van der Waals surface area contributed by atoms with Crippen molar-refractivity contribution in [2.75, 3.05) is 23.3 Å². The highest BCUT2D eigenvalue weighted by atomic mass is 19.1. The minimum atomic E-state index is -0.253. The molecule has 0 atom stereocenters. The predicted molar refractivity (Wildman–Crippen MR) is 75.3 cm³/mol. The first-order valence-electron chi connectivity index (χ1n) is 6.33. The molecule has 1 heterocycles. The average Bonchev–Trinajstić information content (AvgIpc) is 2.41. The van der Waals surface area contributed by atoms with Gasteiger partial charge in [-0.1, -0.05) is 6.07 Å². The first-order chi connectivity index (χ1) is 9.24. The Balaban J connectivity index is 2.33. The van der Waals surface area contributed by atoms with Gasteiger partial charge in [0, 0.05) is 24.8 Å². The average molecular weight is 260 g/mol. The number of aromatic nitrogens is 2. The molecule has 0 aliphatic heterocycles. The Labute approximate surface area is 112 Å². The van der Waals surface area contributed by atoms with Crippen LogP contribution in [0.2, 0.25) is 0 Å². The predicted octanol–water partition coefficient (Wildman–Crippen LogP) is 3.21. The van der Waals surface area contributed by atoms with E-state index in [4.69, 9.17) is 0 Å². The van der Waals surface area contributed by atoms with Gasteiger partial charge in [-0.25, -0.2) is 14.4 Å². The summed E-state index contributed by atoms with van der Waals surface area (Å²) in [5, 5.41) is 3.14. The van der Waals surface area contributed by atoms with Gasteiger partial charge < -0.3 is 10.2 Å². The molecule has 2 aromatic rings. The van der Waals surface area contributed by atoms with E-state index < -0.39 is 0 Å². The second-order valence-corrected chi connectivity index (χ2v) is 4.02. The number of benzene rings is 1. The molecule has 19 heavy (non-hydrogen) atoms. The van der Waals surface area contributed by atoms with E-state index in [0.29, 0.717) is 6.54 Å². The summed E-state index contributed by atoms with van der Waals surface area (Å²) >= 11 is 0. The van der Waals surface area contributed by atoms with Gasteiger partial charge in [-0.05, 0) is 32.0 Å². The molecule has 0 saturated carbocycles. The smallest absolute Gasteiger partial charge is 0.138 e. The second-order valence-electron chi connectivity index (χ2n) is 4.02. The van der Waals surface area contributed by atoms with Gasteiger partial charge in [0.1, 0.15) is 23.8 Å². The van der Waals surface area contributed by atoms with Crippen LogP contribution in [0.25, 0.3) is 0 Å². The number of anilines is 3. The van der Waals surface area contributed by atoms with Crippen LogP contribution < -0.4 is 10.2 Å². The summed E-state index contributed by atoms with van der Waals surface area (Å²) in [6, 6.07) is 8.35. The maximum Gasteiger partial charge on any atom is 0.138 e. The van der Waals surface area contributed by atoms with Gasteiger partial charge in [-0.15, -0.1) is 0 Å². The Morgan fingerprint density at radius 3 is 2.74 bits per heavy atom. The molecule has 2 rings (SSSR count). The van der Waals surface area contributed by atoms with Crippen molar-refractivity contribution in [1.29, 1.82) is 0 Å². The Morgan fingerprint density at radius 1 is 1.21 bits per heavy atom. The number of rotatable bonds is 5. The van der Waals surface area contributed by atoms with Crippen LogP contribution in [0.5, 0.6) is 0 Å². The van der Waals surface area contributed by atoms with Crippen LogP contribution >= 0.6 is 0 Å². The first-order valence-corrected chi connectivity index (χ1v) is 6.33. The molecule has 100 valence electrons. The van der Waals surface area contributed by atoms with Crippen LogP contribution in [-0.2, 0) is 0 Å². The van der Waals surface area contributed by atoms with Gasteiger partial charge in [-0.2, -0.15) is 0 Å². The van der Waals surface area contributed by atoms with Crippen LogP contribution in [0.4, 0.5) is 21.7 Å². The van der Waals surface area contributed by atoms with Crippen molar-refractivity contribution in [3.05, 3.63) is 42.5 Å². The molecule has 4 nitrogen and oxygen atoms in total. The maximum atomic E-state index is 13.3. The van der Waals surface area contributed by atoms with E-state index >= 15 is 0 Å². The van der Waals surface area contributed by atoms with E-state index in [1.54, 1.807) is 6.07 Å². The fourth-order valence-corrected chi connectivity index (χ4v) is 1.89. The Hall–Kier alpha value is -2.17. The van der Waals surface area contributed by atoms with E-state index in [-0.39, 0.29) is 5.82 Å². The minimum absolute atomic E-state index is 0.253. The number of nitrogens with one attached hydrogen (secondary N) is 1. The van der Waals surface area contributed by atoms with Gasteiger partial charge in [0.25, 0.3) is 0 Å². The zero-order valence-corrected chi connectivity index (χ0v) is 11.1. The van der Waals surface area contributed by atoms with Crippen molar-refractivity contribution in [3.63, 3.8) is 0 Å². The molecule has 0 amide bonds. The largest absolute Gasteiger partial charge is 0.370 e. The lowest BCUT2D eigenvalue weighted by atomic mass is 10.2. The monoisotopic (exact) mass is 260 g/mol. The fourth-order valence-electron chi connectivity index (χ4n) is 1.89. The summed E-state index contributed by atoms with van der Waals surface area (Å²) < 4.78 is 13.3. The van der Waals surface area contributed by atoms with E-state index in [2.05, 4.69) is 15.3 Å². The van der Waals surface area contributed by atoms with E-state index in [0.717, 1.165) is 23.9 Å². The van der Waals surface area contributed by atoms with Gasteiger partial charge in [0.2, 0.25) is 0 Å². The molecule has 0 bridgehead atoms. The molecule has 5 heteroatoms. The van der Waals surface area contributed by atoms with Crippen LogP contribution in [0, 0.1) is 5.82 Å². The summed E-state index contributed by atoms with van der Waals surface area (Å²) in [5.41, 5.74) is 0.781. The lowest BCUT2D eigenvalue weighted by Crippen LogP contribution is -2.18. The molecular formula is C14H17FN4. The summed E-state index contributed by atoms with van der Waals surface area (Å²) in [5.74, 6) is 1.26. The molecule has 0 unspecified atom stereocenters. The number of hydrogen-bond acceptors (Lipinski definition) is 4. The van der Waals surface area contributed by atoms with E-state index in [9.17, 15) is 4.39 Å². The van der Waals surface area contributed by atoms with Crippen molar-refractivity contribution in [3.8, 4) is 0 Å². The van der Waals surface area contributed by atoms with Gasteiger partial charge in [0.15, 0.2) is 0 Å². The highest BCUT2D eigenvalue weighted by molar-refractivity contribution is 5.62. The second kappa shape index (κ2) is 6.13. The number of halogens is 1. The highest BCUT2D eigenvalue weighted by Crippen LogP contribution is 2.24. The SMILES string of the molecule is CCNc1cc(N(CC)c2cccc(F)c2)ncn1. The highest BCUT2D eigenvalue weighted by Gasteiger charge is 2.10. The van der Waals surface area contributed by atoms with Crippen LogP contribution in [0.3, 0.4) is 0 Å². The summed E-state index contributed by atoms with van der Waals surface area (Å²) in [7, 11) is 0. The van der Waals surface area contributed by atoms with Crippen LogP contribution in [-0.4, -0.2) is 23.1 Å². The molecule has 0 spiro atoms. The number of hydrogen-bond donors (Lipinski definition) is 1. The van der Waals surface area contributed by atoms with E-state index in [1.165, 1.54) is 18.5 Å². The summed E-state index contributed by atoms with van der Waals surface area (Å²) in [6.45, 7) is 5.50. The van der Waals surface area contributed by atoms with E-state index in [1.807, 2.05) is 30.9 Å². The summed E-state index contributed by atoms with van der Waals surface area (Å²) in [4.78, 5) is 10.3. The quantitative estimate of drug-likeness (QED) is 0.896. The topological polar surface area (TPSA) is 41.0 Å². The fraction of sp³-hybridized carbons (Fsp3) is 0.286. The standard InChI is InChI=1S/C14H17FN4/c1-3-16-13-9-14(18-10-17-13)19(4-2)12-7-5-6-11(15)8-12/h5-10H,3-4H2,1-2H3,(H,16,17,18). The zero-order valence-electron chi connectivity index (χ0n) is 11.1. The maximum absolute atomic E-state index is 13.3. The van der Waals surface area contributed by atoms with Crippen molar-refractivity contribution in [1.82, 2.24) is 9.97 Å². The first kappa shape index (κ1) is 13.3. The third kappa shape index (κ3) is 3.19. The molecule has 0 aliphatic carbocycles. The van der Waals surface area contributed by atoms with Gasteiger partial charge in [-0.3, -0.25) is 0 Å².